The zero-order chi connectivity index (χ0) is 16.4. The maximum absolute atomic E-state index is 3.97. The quantitative estimate of drug-likeness (QED) is 0.728. The molecule has 0 spiro atoms. The van der Waals surface area contributed by atoms with Gasteiger partial charge in [0, 0.05) is 44.0 Å². The SMILES string of the molecule is C=C/C=c1/c(-c2c(C=C)[nH]c3ccccc23)c(C)[nH]/c1=C/C=C. The van der Waals surface area contributed by atoms with Crippen molar-refractivity contribution < 1.29 is 0 Å². The summed E-state index contributed by atoms with van der Waals surface area (Å²) in [6.45, 7) is 13.7. The molecule has 0 aliphatic rings. The predicted octanol–water partition coefficient (Wildman–Crippen LogP) is 4.05. The van der Waals surface area contributed by atoms with E-state index in [-0.39, 0.29) is 0 Å². The topological polar surface area (TPSA) is 31.6 Å². The van der Waals surface area contributed by atoms with E-state index in [4.69, 9.17) is 0 Å². The summed E-state index contributed by atoms with van der Waals surface area (Å²) < 4.78 is 0. The Balaban J connectivity index is 2.52. The zero-order valence-electron chi connectivity index (χ0n) is 13.3. The first kappa shape index (κ1) is 14.9. The summed E-state index contributed by atoms with van der Waals surface area (Å²) in [6, 6.07) is 8.31. The van der Waals surface area contributed by atoms with Gasteiger partial charge in [0.2, 0.25) is 0 Å². The number of nitrogens with one attached hydrogen (secondary N) is 2. The molecule has 1 aromatic carbocycles. The minimum Gasteiger partial charge on any atom is -0.358 e. The zero-order valence-corrected chi connectivity index (χ0v) is 13.3. The molecule has 0 unspecified atom stereocenters. The monoisotopic (exact) mass is 300 g/mol. The number of aromatic amines is 2. The smallest absolute Gasteiger partial charge is 0.0465 e. The molecule has 2 N–H and O–H groups in total. The van der Waals surface area contributed by atoms with E-state index in [0.717, 1.165) is 27.5 Å². The number of para-hydroxylation sites is 1. The fourth-order valence-electron chi connectivity index (χ4n) is 3.12. The lowest BCUT2D eigenvalue weighted by atomic mass is 10.00. The summed E-state index contributed by atoms with van der Waals surface area (Å²) in [4.78, 5) is 6.90. The molecule has 2 nitrogen and oxygen atoms in total. The highest BCUT2D eigenvalue weighted by Gasteiger charge is 2.16. The molecule has 2 heterocycles. The van der Waals surface area contributed by atoms with Crippen LogP contribution in [0.2, 0.25) is 0 Å². The lowest BCUT2D eigenvalue weighted by Gasteiger charge is -2.02. The van der Waals surface area contributed by atoms with Crippen LogP contribution in [0.1, 0.15) is 11.4 Å². The summed E-state index contributed by atoms with van der Waals surface area (Å²) in [5.41, 5.74) is 5.58. The van der Waals surface area contributed by atoms with E-state index in [0.29, 0.717) is 0 Å². The molecule has 23 heavy (non-hydrogen) atoms. The van der Waals surface area contributed by atoms with Crippen molar-refractivity contribution in [1.29, 1.82) is 0 Å². The molecule has 0 saturated heterocycles. The number of allylic oxidation sites excluding steroid dienone is 2. The van der Waals surface area contributed by atoms with Crippen molar-refractivity contribution in [3.63, 3.8) is 0 Å². The second kappa shape index (κ2) is 6.01. The van der Waals surface area contributed by atoms with Gasteiger partial charge in [0.25, 0.3) is 0 Å². The molecule has 0 fully saturated rings. The molecule has 0 atom stereocenters. The van der Waals surface area contributed by atoms with Crippen LogP contribution in [-0.2, 0) is 0 Å². The van der Waals surface area contributed by atoms with Crippen molar-refractivity contribution in [2.24, 2.45) is 0 Å². The molecule has 114 valence electrons. The Hall–Kier alpha value is -3.00. The average molecular weight is 300 g/mol. The third-order valence-electron chi connectivity index (χ3n) is 4.01. The molecular weight excluding hydrogens is 280 g/mol. The standard InChI is InChI=1S/C21H20N2/c1-5-10-15-18(11-6-2)22-14(4)20(15)21-16-12-8-9-13-19(16)23-17(21)7-3/h5-13,22-23H,1-3H2,4H3/b15-10+,18-11+. The maximum atomic E-state index is 3.97. The number of rotatable bonds is 4. The predicted molar refractivity (Wildman–Crippen MR) is 101 cm³/mol. The fourth-order valence-corrected chi connectivity index (χ4v) is 3.12. The van der Waals surface area contributed by atoms with E-state index >= 15 is 0 Å². The second-order valence-electron chi connectivity index (χ2n) is 5.42. The van der Waals surface area contributed by atoms with Crippen molar-refractivity contribution in [3.05, 3.63) is 78.1 Å². The molecule has 0 radical (unpaired) electrons. The summed E-state index contributed by atoms with van der Waals surface area (Å²) >= 11 is 0. The van der Waals surface area contributed by atoms with Crippen LogP contribution in [0.5, 0.6) is 0 Å². The number of aryl methyl sites for hydroxylation is 1. The largest absolute Gasteiger partial charge is 0.358 e. The Labute approximate surface area is 135 Å². The van der Waals surface area contributed by atoms with Crippen LogP contribution in [0.25, 0.3) is 40.3 Å². The van der Waals surface area contributed by atoms with Gasteiger partial charge >= 0.3 is 0 Å². The van der Waals surface area contributed by atoms with E-state index < -0.39 is 0 Å². The molecule has 3 rings (SSSR count). The Bertz CT molecular complexity index is 1030. The summed E-state index contributed by atoms with van der Waals surface area (Å²) in [7, 11) is 0. The van der Waals surface area contributed by atoms with Gasteiger partial charge in [-0.1, -0.05) is 56.2 Å². The van der Waals surface area contributed by atoms with Gasteiger partial charge in [0.05, 0.1) is 0 Å². The van der Waals surface area contributed by atoms with E-state index in [2.05, 4.69) is 54.8 Å². The molecule has 0 aliphatic heterocycles. The Morgan fingerprint density at radius 3 is 2.35 bits per heavy atom. The normalized spacial score (nSPS) is 12.7. The molecule has 3 aromatic rings. The van der Waals surface area contributed by atoms with Crippen LogP contribution >= 0.6 is 0 Å². The first-order valence-corrected chi connectivity index (χ1v) is 7.58. The second-order valence-corrected chi connectivity index (χ2v) is 5.42. The van der Waals surface area contributed by atoms with Gasteiger partial charge in [-0.15, -0.1) is 0 Å². The number of hydrogen-bond acceptors (Lipinski definition) is 0. The summed E-state index contributed by atoms with van der Waals surface area (Å²) in [6.07, 6.45) is 9.49. The van der Waals surface area contributed by atoms with Crippen LogP contribution < -0.4 is 10.6 Å². The Morgan fingerprint density at radius 1 is 0.913 bits per heavy atom. The van der Waals surface area contributed by atoms with Gasteiger partial charge in [-0.25, -0.2) is 0 Å². The molecular formula is C21H20N2. The fraction of sp³-hybridized carbons (Fsp3) is 0.0476. The third kappa shape index (κ3) is 2.38. The number of H-pyrrole nitrogens is 2. The van der Waals surface area contributed by atoms with Gasteiger partial charge in [-0.2, -0.15) is 0 Å². The van der Waals surface area contributed by atoms with E-state index in [1.165, 1.54) is 16.5 Å². The van der Waals surface area contributed by atoms with Gasteiger partial charge in [-0.05, 0) is 25.1 Å². The molecule has 0 saturated carbocycles. The lowest BCUT2D eigenvalue weighted by molar-refractivity contribution is 1.22. The van der Waals surface area contributed by atoms with E-state index in [1.54, 1.807) is 6.08 Å². The average Bonchev–Trinajstić information content (AvgIpc) is 3.06. The molecule has 2 heteroatoms. The molecule has 2 aromatic heterocycles. The Morgan fingerprint density at radius 2 is 1.65 bits per heavy atom. The van der Waals surface area contributed by atoms with Gasteiger partial charge in [0.15, 0.2) is 0 Å². The minimum absolute atomic E-state index is 1.03. The van der Waals surface area contributed by atoms with Crippen molar-refractivity contribution in [3.8, 4) is 11.1 Å². The summed E-state index contributed by atoms with van der Waals surface area (Å²) in [5.74, 6) is 0. The number of fused-ring (bicyclic) bond motifs is 1. The van der Waals surface area contributed by atoms with Crippen molar-refractivity contribution in [2.75, 3.05) is 0 Å². The number of aromatic nitrogens is 2. The maximum Gasteiger partial charge on any atom is 0.0465 e. The summed E-state index contributed by atoms with van der Waals surface area (Å²) in [5, 5.41) is 3.34. The van der Waals surface area contributed by atoms with Gasteiger partial charge in [0.1, 0.15) is 0 Å². The van der Waals surface area contributed by atoms with E-state index in [1.807, 2.05) is 30.4 Å². The number of benzene rings is 1. The highest BCUT2D eigenvalue weighted by molar-refractivity contribution is 6.00. The Kier molecular flexibility index (Phi) is 3.90. The highest BCUT2D eigenvalue weighted by atomic mass is 14.7. The third-order valence-corrected chi connectivity index (χ3v) is 4.01. The van der Waals surface area contributed by atoms with Gasteiger partial charge in [-0.3, -0.25) is 0 Å². The lowest BCUT2D eigenvalue weighted by Crippen LogP contribution is -2.23. The van der Waals surface area contributed by atoms with Crippen molar-refractivity contribution in [1.82, 2.24) is 9.97 Å². The molecule has 0 bridgehead atoms. The van der Waals surface area contributed by atoms with Crippen molar-refractivity contribution in [2.45, 2.75) is 6.92 Å². The van der Waals surface area contributed by atoms with Crippen LogP contribution in [0.4, 0.5) is 0 Å². The first-order valence-electron chi connectivity index (χ1n) is 7.58. The van der Waals surface area contributed by atoms with Crippen LogP contribution in [-0.4, -0.2) is 9.97 Å². The highest BCUT2D eigenvalue weighted by Crippen LogP contribution is 2.32. The first-order chi connectivity index (χ1) is 11.2. The van der Waals surface area contributed by atoms with E-state index in [9.17, 15) is 0 Å². The minimum atomic E-state index is 1.03. The van der Waals surface area contributed by atoms with Gasteiger partial charge < -0.3 is 9.97 Å². The van der Waals surface area contributed by atoms with Crippen molar-refractivity contribution >= 4 is 29.1 Å². The van der Waals surface area contributed by atoms with Crippen LogP contribution in [0.15, 0.2) is 56.2 Å². The van der Waals surface area contributed by atoms with Crippen LogP contribution in [0.3, 0.4) is 0 Å². The molecule has 0 aliphatic carbocycles. The van der Waals surface area contributed by atoms with Crippen LogP contribution in [0, 0.1) is 6.92 Å². The number of hydrogen-bond donors (Lipinski definition) is 2. The molecule has 0 amide bonds.